The molecule has 6 nitrogen and oxygen atoms in total. The van der Waals surface area contributed by atoms with Gasteiger partial charge in [-0.15, -0.1) is 0 Å². The average Bonchev–Trinajstić information content (AvgIpc) is 2.27. The zero-order chi connectivity index (χ0) is 11.1. The van der Waals surface area contributed by atoms with Gasteiger partial charge in [-0.1, -0.05) is 5.16 Å². The molecule has 1 saturated heterocycles. The Morgan fingerprint density at radius 2 is 2.27 bits per heavy atom. The molecule has 0 aromatic rings. The van der Waals surface area contributed by atoms with Crippen LogP contribution in [0.25, 0.3) is 0 Å². The molecule has 15 heavy (non-hydrogen) atoms. The first-order valence-electron chi connectivity index (χ1n) is 4.67. The van der Waals surface area contributed by atoms with E-state index in [1.165, 1.54) is 22.7 Å². The Morgan fingerprint density at radius 3 is 2.87 bits per heavy atom. The molecule has 1 heterocycles. The van der Waals surface area contributed by atoms with Gasteiger partial charge in [-0.3, -0.25) is 4.84 Å². The predicted octanol–water partition coefficient (Wildman–Crippen LogP) is 0.956. The maximum Gasteiger partial charge on any atom is 0.446 e. The van der Waals surface area contributed by atoms with Gasteiger partial charge in [-0.25, -0.2) is 13.4 Å². The molecule has 1 fully saturated rings. The number of carbonyl (C=O) groups is 1. The van der Waals surface area contributed by atoms with E-state index in [9.17, 15) is 4.79 Å². The molecular weight excluding hydrogens is 218 g/mol. The van der Waals surface area contributed by atoms with Gasteiger partial charge in [0.05, 0.1) is 13.2 Å². The Balaban J connectivity index is 2.26. The third-order valence-corrected chi connectivity index (χ3v) is 2.69. The van der Waals surface area contributed by atoms with Crippen LogP contribution in [0.3, 0.4) is 0 Å². The van der Waals surface area contributed by atoms with Crippen molar-refractivity contribution >= 4 is 24.4 Å². The summed E-state index contributed by atoms with van der Waals surface area (Å²) in [5.74, 6) is 0. The van der Waals surface area contributed by atoms with E-state index in [2.05, 4.69) is 9.99 Å². The second-order valence-electron chi connectivity index (χ2n) is 2.84. The smallest absolute Gasteiger partial charge is 0.379 e. The summed E-state index contributed by atoms with van der Waals surface area (Å²) >= 11 is 1.32. The Labute approximate surface area is 93.4 Å². The van der Waals surface area contributed by atoms with Gasteiger partial charge < -0.3 is 4.74 Å². The minimum atomic E-state index is -0.482. The summed E-state index contributed by atoms with van der Waals surface area (Å²) in [7, 11) is 1.65. The molecule has 7 heteroatoms. The van der Waals surface area contributed by atoms with Crippen LogP contribution in [0.15, 0.2) is 5.16 Å². The minimum absolute atomic E-state index is 0.482. The lowest BCUT2D eigenvalue weighted by Crippen LogP contribution is -2.35. The summed E-state index contributed by atoms with van der Waals surface area (Å²) < 4.78 is 8.64. The molecule has 0 aromatic heterocycles. The second kappa shape index (κ2) is 6.65. The lowest BCUT2D eigenvalue weighted by atomic mass is 10.5. The zero-order valence-electron chi connectivity index (χ0n) is 8.88. The van der Waals surface area contributed by atoms with Crippen LogP contribution in [-0.2, 0) is 9.57 Å². The van der Waals surface area contributed by atoms with E-state index in [-0.39, 0.29) is 0 Å². The number of carbonyl (C=O) groups excluding carboxylic acids is 1. The highest BCUT2D eigenvalue weighted by Crippen LogP contribution is 2.16. The lowest BCUT2D eigenvalue weighted by Gasteiger charge is -2.27. The summed E-state index contributed by atoms with van der Waals surface area (Å²) in [6.07, 6.45) is 0.940. The normalized spacial score (nSPS) is 18.0. The molecular formula is C8H15N3O3S. The summed E-state index contributed by atoms with van der Waals surface area (Å²) in [4.78, 5) is 15.9. The van der Waals surface area contributed by atoms with Crippen molar-refractivity contribution in [2.45, 2.75) is 6.92 Å². The highest BCUT2D eigenvalue weighted by molar-refractivity contribution is 7.95. The van der Waals surface area contributed by atoms with Crippen molar-refractivity contribution in [1.29, 1.82) is 0 Å². The number of amides is 1. The summed E-state index contributed by atoms with van der Waals surface area (Å²) in [6, 6.07) is 0. The minimum Gasteiger partial charge on any atom is -0.379 e. The van der Waals surface area contributed by atoms with E-state index in [1.54, 1.807) is 14.0 Å². The first kappa shape index (κ1) is 12.3. The number of morpholine rings is 1. The predicted molar refractivity (Wildman–Crippen MR) is 58.4 cm³/mol. The van der Waals surface area contributed by atoms with Gasteiger partial charge in [0.1, 0.15) is 0 Å². The zero-order valence-corrected chi connectivity index (χ0v) is 9.70. The van der Waals surface area contributed by atoms with E-state index < -0.39 is 6.09 Å². The third kappa shape index (κ3) is 4.50. The van der Waals surface area contributed by atoms with Gasteiger partial charge in [-0.05, 0) is 6.92 Å². The van der Waals surface area contributed by atoms with Crippen molar-refractivity contribution < 1.29 is 14.4 Å². The standard InChI is InChI=1S/C8H15N3O3S/c1-3-9-14-8(12)10(2)15-11-4-6-13-7-5-11/h3H,4-7H2,1-2H3. The van der Waals surface area contributed by atoms with Gasteiger partial charge in [-0.2, -0.15) is 0 Å². The summed E-state index contributed by atoms with van der Waals surface area (Å²) in [6.45, 7) is 4.69. The van der Waals surface area contributed by atoms with Crippen molar-refractivity contribution in [2.75, 3.05) is 33.4 Å². The number of hydrogen-bond donors (Lipinski definition) is 0. The van der Waals surface area contributed by atoms with Crippen molar-refractivity contribution in [3.63, 3.8) is 0 Å². The van der Waals surface area contributed by atoms with Gasteiger partial charge in [0, 0.05) is 38.5 Å². The molecule has 0 bridgehead atoms. The summed E-state index contributed by atoms with van der Waals surface area (Å²) in [5, 5.41) is 3.41. The van der Waals surface area contributed by atoms with Crippen LogP contribution in [0.4, 0.5) is 4.79 Å². The van der Waals surface area contributed by atoms with Crippen LogP contribution >= 0.6 is 12.1 Å². The second-order valence-corrected chi connectivity index (χ2v) is 4.07. The number of rotatable bonds is 3. The van der Waals surface area contributed by atoms with E-state index >= 15 is 0 Å². The molecule has 86 valence electrons. The molecule has 1 amide bonds. The van der Waals surface area contributed by atoms with Crippen molar-refractivity contribution in [1.82, 2.24) is 8.61 Å². The van der Waals surface area contributed by atoms with E-state index in [1.807, 2.05) is 4.31 Å². The highest BCUT2D eigenvalue weighted by atomic mass is 32.2. The Kier molecular flexibility index (Phi) is 5.44. The first-order chi connectivity index (χ1) is 7.24. The van der Waals surface area contributed by atoms with Crippen LogP contribution < -0.4 is 0 Å². The molecule has 0 aromatic carbocycles. The van der Waals surface area contributed by atoms with E-state index in [0.717, 1.165) is 13.1 Å². The number of oxime groups is 1. The van der Waals surface area contributed by atoms with Crippen LogP contribution in [0.1, 0.15) is 6.92 Å². The van der Waals surface area contributed by atoms with Gasteiger partial charge >= 0.3 is 6.09 Å². The highest BCUT2D eigenvalue weighted by Gasteiger charge is 2.18. The number of ether oxygens (including phenoxy) is 1. The average molecular weight is 233 g/mol. The Morgan fingerprint density at radius 1 is 1.60 bits per heavy atom. The molecule has 1 rings (SSSR count). The molecule has 0 aliphatic carbocycles. The van der Waals surface area contributed by atoms with Gasteiger partial charge in [0.25, 0.3) is 0 Å². The third-order valence-electron chi connectivity index (χ3n) is 1.70. The van der Waals surface area contributed by atoms with Crippen molar-refractivity contribution in [2.24, 2.45) is 5.16 Å². The maximum atomic E-state index is 11.3. The number of hydrogen-bond acceptors (Lipinski definition) is 6. The van der Waals surface area contributed by atoms with Gasteiger partial charge in [0.15, 0.2) is 0 Å². The maximum absolute atomic E-state index is 11.3. The van der Waals surface area contributed by atoms with Crippen molar-refractivity contribution in [3.05, 3.63) is 0 Å². The lowest BCUT2D eigenvalue weighted by molar-refractivity contribution is 0.0753. The fourth-order valence-corrected chi connectivity index (χ4v) is 1.75. The van der Waals surface area contributed by atoms with E-state index in [0.29, 0.717) is 13.2 Å². The van der Waals surface area contributed by atoms with Gasteiger partial charge in [0.2, 0.25) is 0 Å². The molecule has 0 spiro atoms. The Bertz CT molecular complexity index is 231. The van der Waals surface area contributed by atoms with Crippen LogP contribution in [0, 0.1) is 0 Å². The molecule has 0 saturated carbocycles. The molecule has 0 radical (unpaired) electrons. The fourth-order valence-electron chi connectivity index (χ4n) is 0.990. The van der Waals surface area contributed by atoms with Crippen LogP contribution in [0.2, 0.25) is 0 Å². The largest absolute Gasteiger partial charge is 0.446 e. The summed E-state index contributed by atoms with van der Waals surface area (Å²) in [5.41, 5.74) is 0. The molecule has 1 aliphatic rings. The fraction of sp³-hybridized carbons (Fsp3) is 0.750. The SMILES string of the molecule is CC=NOC(=O)N(C)SN1CCOCC1. The van der Waals surface area contributed by atoms with Crippen LogP contribution in [-0.4, -0.2) is 54.3 Å². The monoisotopic (exact) mass is 233 g/mol. The molecule has 0 unspecified atom stereocenters. The van der Waals surface area contributed by atoms with Crippen molar-refractivity contribution in [3.8, 4) is 0 Å². The molecule has 1 aliphatic heterocycles. The molecule has 0 atom stereocenters. The topological polar surface area (TPSA) is 54.4 Å². The van der Waals surface area contributed by atoms with Crippen LogP contribution in [0.5, 0.6) is 0 Å². The quantitative estimate of drug-likeness (QED) is 0.314. The molecule has 0 N–H and O–H groups in total. The van der Waals surface area contributed by atoms with E-state index in [4.69, 9.17) is 4.74 Å². The Hall–Kier alpha value is -0.790. The number of nitrogens with zero attached hydrogens (tertiary/aromatic N) is 3. The first-order valence-corrected chi connectivity index (χ1v) is 5.40.